The molecule has 0 aliphatic carbocycles. The summed E-state index contributed by atoms with van der Waals surface area (Å²) in [5, 5.41) is 18.6. The summed E-state index contributed by atoms with van der Waals surface area (Å²) >= 11 is 4.68. The molecular weight excluding hydrogens is 322 g/mol. The van der Waals surface area contributed by atoms with Gasteiger partial charge in [0.25, 0.3) is 0 Å². The first-order valence-corrected chi connectivity index (χ1v) is 9.04. The molecule has 0 spiro atoms. The molecule has 21 heavy (non-hydrogen) atoms. The minimum absolute atomic E-state index is 0.0457. The Kier molecular flexibility index (Phi) is 4.42. The molecule has 0 aromatic carbocycles. The summed E-state index contributed by atoms with van der Waals surface area (Å²) in [7, 11) is 0. The fourth-order valence-corrected chi connectivity index (χ4v) is 4.05. The number of thiophene rings is 2. The summed E-state index contributed by atoms with van der Waals surface area (Å²) < 4.78 is 0. The summed E-state index contributed by atoms with van der Waals surface area (Å²) in [6.45, 7) is 1.90. The maximum atomic E-state index is 12.2. The zero-order valence-electron chi connectivity index (χ0n) is 11.3. The average Bonchev–Trinajstić information content (AvgIpc) is 3.20. The Morgan fingerprint density at radius 3 is 2.95 bits per heavy atom. The largest absolute Gasteiger partial charge is 0.300 e. The van der Waals surface area contributed by atoms with Crippen LogP contribution >= 0.6 is 34.0 Å². The molecule has 0 saturated heterocycles. The highest BCUT2D eigenvalue weighted by atomic mass is 32.1. The van der Waals surface area contributed by atoms with Gasteiger partial charge in [0.2, 0.25) is 11.0 Å². The van der Waals surface area contributed by atoms with Gasteiger partial charge < -0.3 is 0 Å². The molecule has 0 saturated carbocycles. The molecule has 0 bridgehead atoms. The highest BCUT2D eigenvalue weighted by molar-refractivity contribution is 7.15. The van der Waals surface area contributed by atoms with E-state index >= 15 is 0 Å². The van der Waals surface area contributed by atoms with Crippen LogP contribution in [0.3, 0.4) is 0 Å². The van der Waals surface area contributed by atoms with Crippen LogP contribution in [0.4, 0.5) is 5.13 Å². The van der Waals surface area contributed by atoms with Crippen molar-refractivity contribution in [3.05, 3.63) is 49.8 Å². The monoisotopic (exact) mass is 335 g/mol. The highest BCUT2D eigenvalue weighted by Crippen LogP contribution is 2.24. The number of nitrogens with zero attached hydrogens (tertiary/aromatic N) is 2. The zero-order valence-corrected chi connectivity index (χ0v) is 13.7. The summed E-state index contributed by atoms with van der Waals surface area (Å²) in [6.07, 6.45) is 0.761. The number of hydrogen-bond donors (Lipinski definition) is 1. The predicted molar refractivity (Wildman–Crippen MR) is 88.4 cm³/mol. The number of hydrogen-bond acceptors (Lipinski definition) is 6. The van der Waals surface area contributed by atoms with Gasteiger partial charge in [-0.15, -0.1) is 21.5 Å². The molecule has 1 N–H and O–H groups in total. The topological polar surface area (TPSA) is 54.9 Å². The van der Waals surface area contributed by atoms with Crippen molar-refractivity contribution in [3.63, 3.8) is 0 Å². The van der Waals surface area contributed by atoms with Gasteiger partial charge in [0, 0.05) is 11.3 Å². The Balaban J connectivity index is 1.63. The van der Waals surface area contributed by atoms with E-state index in [0.717, 1.165) is 16.3 Å². The summed E-state index contributed by atoms with van der Waals surface area (Å²) in [6, 6.07) is 5.99. The summed E-state index contributed by atoms with van der Waals surface area (Å²) in [5.41, 5.74) is 1.22. The molecule has 0 radical (unpaired) electrons. The van der Waals surface area contributed by atoms with Gasteiger partial charge in [0.05, 0.1) is 5.92 Å². The average molecular weight is 335 g/mol. The van der Waals surface area contributed by atoms with Gasteiger partial charge in [-0.25, -0.2) is 0 Å². The number of nitrogens with one attached hydrogen (secondary N) is 1. The molecule has 0 aliphatic rings. The van der Waals surface area contributed by atoms with E-state index in [1.165, 1.54) is 16.9 Å². The van der Waals surface area contributed by atoms with Crippen LogP contribution in [0.2, 0.25) is 0 Å². The Labute approximate surface area is 134 Å². The first kappa shape index (κ1) is 14.4. The number of carbonyl (C=O) groups is 1. The van der Waals surface area contributed by atoms with E-state index < -0.39 is 0 Å². The van der Waals surface area contributed by atoms with Crippen molar-refractivity contribution < 1.29 is 4.79 Å². The minimum Gasteiger partial charge on any atom is -0.300 e. The molecule has 7 heteroatoms. The molecule has 0 fully saturated rings. The van der Waals surface area contributed by atoms with Crippen LogP contribution in [0.25, 0.3) is 0 Å². The summed E-state index contributed by atoms with van der Waals surface area (Å²) in [4.78, 5) is 13.2. The second kappa shape index (κ2) is 6.46. The molecule has 4 nitrogen and oxygen atoms in total. The molecule has 108 valence electrons. The molecule has 3 heterocycles. The lowest BCUT2D eigenvalue weighted by atomic mass is 10.1. The van der Waals surface area contributed by atoms with Crippen molar-refractivity contribution in [2.45, 2.75) is 19.3 Å². The van der Waals surface area contributed by atoms with Crippen LogP contribution in [-0.2, 0) is 11.2 Å². The lowest BCUT2D eigenvalue weighted by Crippen LogP contribution is -2.17. The Hall–Kier alpha value is -1.57. The van der Waals surface area contributed by atoms with Crippen molar-refractivity contribution in [3.8, 4) is 0 Å². The van der Waals surface area contributed by atoms with E-state index in [2.05, 4.69) is 27.0 Å². The number of aromatic nitrogens is 2. The third-order valence-electron chi connectivity index (χ3n) is 3.00. The lowest BCUT2D eigenvalue weighted by Gasteiger charge is -2.07. The predicted octanol–water partition coefficient (Wildman–Crippen LogP) is 3.99. The lowest BCUT2D eigenvalue weighted by molar-refractivity contribution is -0.117. The molecule has 1 amide bonds. The van der Waals surface area contributed by atoms with E-state index in [-0.39, 0.29) is 11.8 Å². The van der Waals surface area contributed by atoms with Gasteiger partial charge >= 0.3 is 0 Å². The van der Waals surface area contributed by atoms with Gasteiger partial charge in [-0.2, -0.15) is 11.3 Å². The standard InChI is InChI=1S/C14H13N3OS3/c1-9(11-3-2-5-20-11)13(18)15-14-17-16-12(21-14)7-10-4-6-19-8-10/h2-6,8-9H,7H2,1H3,(H,15,17,18)/t9-/m1/s1. The molecule has 0 unspecified atom stereocenters. The Morgan fingerprint density at radius 2 is 2.24 bits per heavy atom. The van der Waals surface area contributed by atoms with Crippen LogP contribution in [0.5, 0.6) is 0 Å². The number of rotatable bonds is 5. The smallest absolute Gasteiger partial charge is 0.234 e. The van der Waals surface area contributed by atoms with Crippen molar-refractivity contribution in [2.24, 2.45) is 0 Å². The van der Waals surface area contributed by atoms with Gasteiger partial charge in [0.15, 0.2) is 0 Å². The fraction of sp³-hybridized carbons (Fsp3) is 0.214. The van der Waals surface area contributed by atoms with E-state index in [4.69, 9.17) is 0 Å². The van der Waals surface area contributed by atoms with Crippen molar-refractivity contribution in [1.82, 2.24) is 10.2 Å². The first-order chi connectivity index (χ1) is 10.2. The van der Waals surface area contributed by atoms with Crippen molar-refractivity contribution >= 4 is 45.0 Å². The molecule has 0 aliphatic heterocycles. The minimum atomic E-state index is -0.172. The van der Waals surface area contributed by atoms with Crippen LogP contribution in [0.15, 0.2) is 34.3 Å². The van der Waals surface area contributed by atoms with Crippen LogP contribution < -0.4 is 5.32 Å². The SMILES string of the molecule is C[C@@H](C(=O)Nc1nnc(Cc2ccsc2)s1)c1cccs1. The Bertz CT molecular complexity index is 704. The van der Waals surface area contributed by atoms with Gasteiger partial charge in [-0.05, 0) is 40.8 Å². The van der Waals surface area contributed by atoms with E-state index in [9.17, 15) is 4.79 Å². The third kappa shape index (κ3) is 3.55. The Morgan fingerprint density at radius 1 is 1.33 bits per heavy atom. The van der Waals surface area contributed by atoms with Crippen LogP contribution in [0.1, 0.15) is 28.3 Å². The molecule has 3 rings (SSSR count). The van der Waals surface area contributed by atoms with Gasteiger partial charge in [0.1, 0.15) is 5.01 Å². The van der Waals surface area contributed by atoms with Crippen molar-refractivity contribution in [2.75, 3.05) is 5.32 Å². The van der Waals surface area contributed by atoms with E-state index in [1.807, 2.05) is 29.8 Å². The number of anilines is 1. The second-order valence-electron chi connectivity index (χ2n) is 4.54. The fourth-order valence-electron chi connectivity index (χ4n) is 1.82. The zero-order chi connectivity index (χ0) is 14.7. The third-order valence-corrected chi connectivity index (χ3v) is 5.62. The van der Waals surface area contributed by atoms with E-state index in [0.29, 0.717) is 5.13 Å². The van der Waals surface area contributed by atoms with E-state index in [1.54, 1.807) is 22.7 Å². The quantitative estimate of drug-likeness (QED) is 0.767. The number of carbonyl (C=O) groups excluding carboxylic acids is 1. The molecule has 3 aromatic heterocycles. The van der Waals surface area contributed by atoms with Crippen molar-refractivity contribution in [1.29, 1.82) is 0 Å². The van der Waals surface area contributed by atoms with Crippen LogP contribution in [0, 0.1) is 0 Å². The normalized spacial score (nSPS) is 12.2. The maximum Gasteiger partial charge on any atom is 0.234 e. The molecular formula is C14H13N3OS3. The van der Waals surface area contributed by atoms with Gasteiger partial charge in [-0.1, -0.05) is 17.4 Å². The molecule has 3 aromatic rings. The maximum absolute atomic E-state index is 12.2. The first-order valence-electron chi connectivity index (χ1n) is 6.40. The van der Waals surface area contributed by atoms with Crippen LogP contribution in [-0.4, -0.2) is 16.1 Å². The highest BCUT2D eigenvalue weighted by Gasteiger charge is 2.18. The van der Waals surface area contributed by atoms with Gasteiger partial charge in [-0.3, -0.25) is 10.1 Å². The summed E-state index contributed by atoms with van der Waals surface area (Å²) in [5.74, 6) is -0.218. The number of amides is 1. The second-order valence-corrected chi connectivity index (χ2v) is 7.36. The molecule has 1 atom stereocenters.